The predicted molar refractivity (Wildman–Crippen MR) is 220 cm³/mol. The Balaban J connectivity index is 5.81. The van der Waals surface area contributed by atoms with Crippen molar-refractivity contribution in [1.29, 1.82) is 0 Å². The number of nitrogens with zero attached hydrogens (tertiary/aromatic N) is 2. The average molecular weight is 833 g/mol. The highest BCUT2D eigenvalue weighted by molar-refractivity contribution is 5.85. The Hall–Kier alpha value is -4.22. The van der Waals surface area contributed by atoms with Crippen LogP contribution in [0.1, 0.15) is 126 Å². The normalized spacial score (nSPS) is 11.4. The SMILES string of the molecule is CCCCOC(=O)NCCCN(CCCC(C(=O)NCCOCCNC(=O)OC(C)(C)C)N(CCCNC(=O)OCCCC)C(=O)OCCCC)C(=O)OCCCC. The van der Waals surface area contributed by atoms with Crippen LogP contribution in [0.25, 0.3) is 0 Å². The van der Waals surface area contributed by atoms with E-state index in [4.69, 9.17) is 28.4 Å². The van der Waals surface area contributed by atoms with Gasteiger partial charge in [0.05, 0.1) is 39.6 Å². The first-order valence-corrected chi connectivity index (χ1v) is 21.3. The number of rotatable bonds is 32. The van der Waals surface area contributed by atoms with Crippen molar-refractivity contribution in [1.82, 2.24) is 31.1 Å². The van der Waals surface area contributed by atoms with E-state index in [1.807, 2.05) is 27.7 Å². The van der Waals surface area contributed by atoms with Gasteiger partial charge in [0.1, 0.15) is 11.6 Å². The minimum Gasteiger partial charge on any atom is -0.450 e. The number of carbonyl (C=O) groups excluding carboxylic acids is 6. The van der Waals surface area contributed by atoms with Crippen LogP contribution in [-0.2, 0) is 33.2 Å². The predicted octanol–water partition coefficient (Wildman–Crippen LogP) is 6.10. The smallest absolute Gasteiger partial charge is 0.410 e. The van der Waals surface area contributed by atoms with Gasteiger partial charge in [-0.3, -0.25) is 9.69 Å². The Morgan fingerprint density at radius 2 is 0.948 bits per heavy atom. The topological polar surface area (TPSA) is 212 Å². The molecular weight excluding hydrogens is 756 g/mol. The fourth-order valence-corrected chi connectivity index (χ4v) is 4.98. The van der Waals surface area contributed by atoms with Gasteiger partial charge in [-0.2, -0.15) is 0 Å². The lowest BCUT2D eigenvalue weighted by molar-refractivity contribution is -0.126. The van der Waals surface area contributed by atoms with Gasteiger partial charge in [-0.05, 0) is 72.1 Å². The van der Waals surface area contributed by atoms with Crippen molar-refractivity contribution >= 4 is 36.4 Å². The fourth-order valence-electron chi connectivity index (χ4n) is 4.98. The van der Waals surface area contributed by atoms with Crippen molar-refractivity contribution in [2.24, 2.45) is 0 Å². The Kier molecular flexibility index (Phi) is 32.3. The van der Waals surface area contributed by atoms with Crippen molar-refractivity contribution in [2.45, 2.75) is 137 Å². The minimum absolute atomic E-state index is 0.0912. The van der Waals surface area contributed by atoms with Crippen molar-refractivity contribution in [3.63, 3.8) is 0 Å². The molecule has 0 radical (unpaired) electrons. The number of hydrogen-bond donors (Lipinski definition) is 4. The number of unbranched alkanes of at least 4 members (excludes halogenated alkanes) is 4. The van der Waals surface area contributed by atoms with Crippen LogP contribution >= 0.6 is 0 Å². The number of hydrogen-bond acceptors (Lipinski definition) is 12. The molecule has 0 aromatic rings. The maximum atomic E-state index is 13.8. The molecule has 0 aliphatic heterocycles. The van der Waals surface area contributed by atoms with Crippen LogP contribution in [0.2, 0.25) is 0 Å². The Labute approximate surface area is 346 Å². The third kappa shape index (κ3) is 29.9. The van der Waals surface area contributed by atoms with Crippen LogP contribution in [0, 0.1) is 0 Å². The Morgan fingerprint density at radius 1 is 0.500 bits per heavy atom. The lowest BCUT2D eigenvalue weighted by atomic mass is 10.1. The van der Waals surface area contributed by atoms with Crippen molar-refractivity contribution in [3.05, 3.63) is 0 Å². The van der Waals surface area contributed by atoms with Gasteiger partial charge in [-0.15, -0.1) is 0 Å². The Morgan fingerprint density at radius 3 is 1.47 bits per heavy atom. The van der Waals surface area contributed by atoms with E-state index in [1.165, 1.54) is 9.80 Å². The number of alkyl carbamates (subject to hydrolysis) is 3. The third-order valence-electron chi connectivity index (χ3n) is 8.17. The molecule has 0 aromatic heterocycles. The zero-order chi connectivity index (χ0) is 43.4. The van der Waals surface area contributed by atoms with Gasteiger partial charge in [0, 0.05) is 45.8 Å². The highest BCUT2D eigenvalue weighted by atomic mass is 16.6. The quantitative estimate of drug-likeness (QED) is 0.0447. The van der Waals surface area contributed by atoms with Gasteiger partial charge in [0.25, 0.3) is 0 Å². The molecule has 0 heterocycles. The molecular formula is C40H76N6O12. The summed E-state index contributed by atoms with van der Waals surface area (Å²) in [6.45, 7) is 16.0. The molecule has 0 saturated carbocycles. The van der Waals surface area contributed by atoms with Crippen LogP contribution in [-0.4, -0.2) is 143 Å². The average Bonchev–Trinajstić information content (AvgIpc) is 3.16. The highest BCUT2D eigenvalue weighted by Crippen LogP contribution is 2.14. The fraction of sp³-hybridized carbons (Fsp3) is 0.850. The summed E-state index contributed by atoms with van der Waals surface area (Å²) in [5.74, 6) is -0.447. The van der Waals surface area contributed by atoms with Crippen LogP contribution in [0.5, 0.6) is 0 Å². The standard InChI is InChI=1S/C40H76N6O12/c1-8-12-27-54-35(48)42-20-17-25-45(38(51)56-29-14-10-3)24-16-19-33(34(47)41-22-31-53-32-23-44-37(50)58-40(5,6)7)46(39(52)57-30-15-11-4)26-18-21-43-36(49)55-28-13-9-2/h33H,8-32H2,1-7H3,(H,41,47)(H,42,48)(H,43,49)(H,44,50). The summed E-state index contributed by atoms with van der Waals surface area (Å²) in [4.78, 5) is 79.4. The number of ether oxygens (including phenoxy) is 6. The van der Waals surface area contributed by atoms with Gasteiger partial charge >= 0.3 is 30.5 Å². The van der Waals surface area contributed by atoms with Gasteiger partial charge in [0.2, 0.25) is 5.91 Å². The molecule has 1 unspecified atom stereocenters. The molecule has 4 N–H and O–H groups in total. The molecule has 18 heteroatoms. The number of carbonyl (C=O) groups is 6. The van der Waals surface area contributed by atoms with Gasteiger partial charge < -0.3 is 54.6 Å². The van der Waals surface area contributed by atoms with E-state index in [2.05, 4.69) is 21.3 Å². The molecule has 0 aromatic carbocycles. The van der Waals surface area contributed by atoms with Crippen molar-refractivity contribution < 1.29 is 57.2 Å². The summed E-state index contributed by atoms with van der Waals surface area (Å²) in [5.41, 5.74) is -0.628. The monoisotopic (exact) mass is 833 g/mol. The second-order valence-electron chi connectivity index (χ2n) is 14.6. The molecule has 0 fully saturated rings. The second kappa shape index (κ2) is 34.8. The number of nitrogens with one attached hydrogen (secondary N) is 4. The Bertz CT molecular complexity index is 1140. The first kappa shape index (κ1) is 53.8. The largest absolute Gasteiger partial charge is 0.450 e. The van der Waals surface area contributed by atoms with E-state index < -0.39 is 48.0 Å². The molecule has 6 amide bonds. The second-order valence-corrected chi connectivity index (χ2v) is 14.6. The van der Waals surface area contributed by atoms with Crippen LogP contribution < -0.4 is 21.3 Å². The maximum absolute atomic E-state index is 13.8. The molecule has 0 aliphatic carbocycles. The van der Waals surface area contributed by atoms with E-state index in [0.717, 1.165) is 38.5 Å². The van der Waals surface area contributed by atoms with Gasteiger partial charge in [0.15, 0.2) is 0 Å². The first-order valence-electron chi connectivity index (χ1n) is 21.3. The van der Waals surface area contributed by atoms with E-state index in [-0.39, 0.29) is 78.7 Å². The molecule has 0 spiro atoms. The summed E-state index contributed by atoms with van der Waals surface area (Å²) in [6, 6.07) is -0.989. The molecule has 0 aliphatic rings. The van der Waals surface area contributed by atoms with E-state index >= 15 is 0 Å². The van der Waals surface area contributed by atoms with E-state index in [1.54, 1.807) is 20.8 Å². The van der Waals surface area contributed by atoms with Crippen molar-refractivity contribution in [2.75, 3.05) is 85.5 Å². The van der Waals surface area contributed by atoms with Gasteiger partial charge in [-0.1, -0.05) is 53.4 Å². The minimum atomic E-state index is -0.989. The first-order chi connectivity index (χ1) is 27.8. The lowest BCUT2D eigenvalue weighted by Crippen LogP contribution is -2.51. The molecule has 0 saturated heterocycles. The molecule has 18 nitrogen and oxygen atoms in total. The summed E-state index contributed by atoms with van der Waals surface area (Å²) in [6.07, 6.45) is 4.72. The highest BCUT2D eigenvalue weighted by Gasteiger charge is 2.31. The molecule has 338 valence electrons. The molecule has 0 rings (SSSR count). The molecule has 1 atom stereocenters. The van der Waals surface area contributed by atoms with E-state index in [9.17, 15) is 28.8 Å². The summed E-state index contributed by atoms with van der Waals surface area (Å²) >= 11 is 0. The third-order valence-corrected chi connectivity index (χ3v) is 8.17. The number of amides is 6. The maximum Gasteiger partial charge on any atom is 0.410 e. The van der Waals surface area contributed by atoms with Crippen LogP contribution in [0.3, 0.4) is 0 Å². The summed E-state index contributed by atoms with van der Waals surface area (Å²) < 4.78 is 32.2. The van der Waals surface area contributed by atoms with E-state index in [0.29, 0.717) is 45.3 Å². The molecule has 0 bridgehead atoms. The van der Waals surface area contributed by atoms with Gasteiger partial charge in [-0.25, -0.2) is 24.0 Å². The lowest BCUT2D eigenvalue weighted by Gasteiger charge is -2.31. The van der Waals surface area contributed by atoms with Crippen LogP contribution in [0.15, 0.2) is 0 Å². The zero-order valence-electron chi connectivity index (χ0n) is 36.5. The van der Waals surface area contributed by atoms with Crippen molar-refractivity contribution in [3.8, 4) is 0 Å². The molecule has 58 heavy (non-hydrogen) atoms. The zero-order valence-corrected chi connectivity index (χ0v) is 36.5. The summed E-state index contributed by atoms with van der Waals surface area (Å²) in [5, 5.41) is 10.8. The summed E-state index contributed by atoms with van der Waals surface area (Å²) in [7, 11) is 0. The van der Waals surface area contributed by atoms with Crippen LogP contribution in [0.4, 0.5) is 24.0 Å².